The second kappa shape index (κ2) is 17.6. The molecule has 3 nitrogen and oxygen atoms in total. The van der Waals surface area contributed by atoms with Gasteiger partial charge in [-0.15, -0.1) is 0 Å². The Kier molecular flexibility index (Phi) is 20.6. The van der Waals surface area contributed by atoms with E-state index >= 15 is 0 Å². The monoisotopic (exact) mass is 342 g/mol. The van der Waals surface area contributed by atoms with E-state index in [0.29, 0.717) is 0 Å². The summed E-state index contributed by atoms with van der Waals surface area (Å²) in [6.45, 7) is 2.24. The van der Waals surface area contributed by atoms with E-state index in [1.54, 1.807) is 0 Å². The standard InChI is InChI=1S/C16H32O3S.K/c1-2-3-4-5-6-7-8-9-10-11-12-13-14-15-16-20(17,18)19;/h14-15H,2-13,16H2,1H3,(H,17,18,19);/q;+1/p-1. The van der Waals surface area contributed by atoms with Gasteiger partial charge in [0.25, 0.3) is 0 Å². The Hall–Kier alpha value is 1.29. The molecule has 0 saturated heterocycles. The van der Waals surface area contributed by atoms with Crippen LogP contribution < -0.4 is 51.4 Å². The van der Waals surface area contributed by atoms with E-state index in [-0.39, 0.29) is 57.1 Å². The molecule has 0 aromatic heterocycles. The molecule has 0 N–H and O–H groups in total. The molecule has 0 atom stereocenters. The van der Waals surface area contributed by atoms with Crippen molar-refractivity contribution < 1.29 is 64.4 Å². The van der Waals surface area contributed by atoms with E-state index in [0.717, 1.165) is 12.8 Å². The van der Waals surface area contributed by atoms with E-state index in [1.165, 1.54) is 70.3 Å². The minimum Gasteiger partial charge on any atom is -0.748 e. The first-order valence-electron chi connectivity index (χ1n) is 8.15. The molecule has 120 valence electrons. The predicted molar refractivity (Wildman–Crippen MR) is 84.8 cm³/mol. The molecule has 0 fully saturated rings. The van der Waals surface area contributed by atoms with Crippen molar-refractivity contribution in [1.29, 1.82) is 0 Å². The van der Waals surface area contributed by atoms with Crippen LogP contribution in [0.3, 0.4) is 0 Å². The van der Waals surface area contributed by atoms with Crippen LogP contribution in [0.1, 0.15) is 84.0 Å². The second-order valence-corrected chi connectivity index (χ2v) is 6.97. The van der Waals surface area contributed by atoms with E-state index in [9.17, 15) is 13.0 Å². The van der Waals surface area contributed by atoms with Crippen LogP contribution in [0.4, 0.5) is 0 Å². The molecule has 0 aromatic carbocycles. The molecule has 0 bridgehead atoms. The van der Waals surface area contributed by atoms with Crippen molar-refractivity contribution >= 4 is 10.1 Å². The van der Waals surface area contributed by atoms with Gasteiger partial charge in [-0.2, -0.15) is 0 Å². The summed E-state index contributed by atoms with van der Waals surface area (Å²) in [4.78, 5) is 0. The molecule has 0 radical (unpaired) electrons. The third-order valence-electron chi connectivity index (χ3n) is 3.44. The minimum atomic E-state index is -4.08. The van der Waals surface area contributed by atoms with Crippen LogP contribution in [0.2, 0.25) is 0 Å². The Labute approximate surface area is 174 Å². The fourth-order valence-electron chi connectivity index (χ4n) is 2.23. The number of unbranched alkanes of at least 4 members (excludes halogenated alkanes) is 11. The van der Waals surface area contributed by atoms with Crippen LogP contribution in [0.15, 0.2) is 12.2 Å². The normalized spacial score (nSPS) is 11.7. The Morgan fingerprint density at radius 3 is 1.62 bits per heavy atom. The second-order valence-electron chi connectivity index (χ2n) is 5.52. The SMILES string of the molecule is CCCCCCCCCCCCCC=CCS(=O)(=O)[O-].[K+]. The van der Waals surface area contributed by atoms with Crippen LogP contribution in [0.5, 0.6) is 0 Å². The van der Waals surface area contributed by atoms with E-state index in [2.05, 4.69) is 6.92 Å². The largest absolute Gasteiger partial charge is 1.00 e. The van der Waals surface area contributed by atoms with Crippen molar-refractivity contribution in [3.8, 4) is 0 Å². The Morgan fingerprint density at radius 1 is 0.762 bits per heavy atom. The van der Waals surface area contributed by atoms with Crippen LogP contribution in [0.25, 0.3) is 0 Å². The van der Waals surface area contributed by atoms with Gasteiger partial charge in [-0.1, -0.05) is 83.3 Å². The maximum Gasteiger partial charge on any atom is 1.00 e. The van der Waals surface area contributed by atoms with Gasteiger partial charge in [-0.05, 0) is 12.8 Å². The zero-order valence-electron chi connectivity index (χ0n) is 14.0. The van der Waals surface area contributed by atoms with Crippen molar-refractivity contribution in [2.75, 3.05) is 5.75 Å². The van der Waals surface area contributed by atoms with Gasteiger partial charge < -0.3 is 4.55 Å². The molecule has 5 heteroatoms. The van der Waals surface area contributed by atoms with E-state index in [4.69, 9.17) is 0 Å². The molecule has 0 aromatic rings. The number of hydrogen-bond acceptors (Lipinski definition) is 3. The molecule has 0 rings (SSSR count). The summed E-state index contributed by atoms with van der Waals surface area (Å²) in [5.74, 6) is -0.370. The van der Waals surface area contributed by atoms with Crippen molar-refractivity contribution in [3.05, 3.63) is 12.2 Å². The van der Waals surface area contributed by atoms with Crippen molar-refractivity contribution in [2.24, 2.45) is 0 Å². The number of rotatable bonds is 14. The molecular formula is C16H31KO3S. The average Bonchev–Trinajstić information content (AvgIpc) is 2.38. The Balaban J connectivity index is 0. The summed E-state index contributed by atoms with van der Waals surface area (Å²) < 4.78 is 31.0. The minimum absolute atomic E-state index is 0. The quantitative estimate of drug-likeness (QED) is 0.209. The maximum atomic E-state index is 10.3. The molecule has 21 heavy (non-hydrogen) atoms. The van der Waals surface area contributed by atoms with Crippen LogP contribution in [-0.4, -0.2) is 18.7 Å². The molecule has 0 spiro atoms. The first kappa shape index (κ1) is 24.5. The van der Waals surface area contributed by atoms with Crippen molar-refractivity contribution in [2.45, 2.75) is 84.0 Å². The maximum absolute atomic E-state index is 10.3. The number of hydrogen-bond donors (Lipinski definition) is 0. The van der Waals surface area contributed by atoms with Gasteiger partial charge in [0.05, 0.1) is 15.9 Å². The summed E-state index contributed by atoms with van der Waals surface area (Å²) in [5.41, 5.74) is 0. The Bertz CT molecular complexity index is 326. The third-order valence-corrected chi connectivity index (χ3v) is 4.04. The topological polar surface area (TPSA) is 57.2 Å². The van der Waals surface area contributed by atoms with Gasteiger partial charge in [0, 0.05) is 0 Å². The fraction of sp³-hybridized carbons (Fsp3) is 0.875. The molecule has 0 aliphatic rings. The summed E-state index contributed by atoms with van der Waals surface area (Å²) in [6, 6.07) is 0. The molecule has 0 saturated carbocycles. The van der Waals surface area contributed by atoms with Crippen molar-refractivity contribution in [1.82, 2.24) is 0 Å². The van der Waals surface area contributed by atoms with Crippen molar-refractivity contribution in [3.63, 3.8) is 0 Å². The summed E-state index contributed by atoms with van der Waals surface area (Å²) >= 11 is 0. The number of allylic oxidation sites excluding steroid dienone is 1. The summed E-state index contributed by atoms with van der Waals surface area (Å²) in [7, 11) is -4.08. The van der Waals surface area contributed by atoms with Crippen LogP contribution >= 0.6 is 0 Å². The molecule has 0 aliphatic heterocycles. The van der Waals surface area contributed by atoms with Gasteiger partial charge in [0.15, 0.2) is 0 Å². The van der Waals surface area contributed by atoms with Gasteiger partial charge >= 0.3 is 51.4 Å². The van der Waals surface area contributed by atoms with E-state index in [1.807, 2.05) is 6.08 Å². The first-order valence-corrected chi connectivity index (χ1v) is 9.72. The van der Waals surface area contributed by atoms with E-state index < -0.39 is 10.1 Å². The predicted octanol–water partition coefficient (Wildman–Crippen LogP) is 1.79. The molecular weight excluding hydrogens is 311 g/mol. The zero-order valence-corrected chi connectivity index (χ0v) is 17.9. The van der Waals surface area contributed by atoms with Gasteiger partial charge in [-0.25, -0.2) is 8.42 Å². The van der Waals surface area contributed by atoms with Gasteiger partial charge in [0.2, 0.25) is 0 Å². The summed E-state index contributed by atoms with van der Waals surface area (Å²) in [6.07, 6.45) is 18.6. The molecule has 0 unspecified atom stereocenters. The molecule has 0 aliphatic carbocycles. The van der Waals surface area contributed by atoms with Gasteiger partial charge in [-0.3, -0.25) is 0 Å². The third kappa shape index (κ3) is 23.7. The van der Waals surface area contributed by atoms with Gasteiger partial charge in [0.1, 0.15) is 0 Å². The van der Waals surface area contributed by atoms with Crippen LogP contribution in [0, 0.1) is 0 Å². The summed E-state index contributed by atoms with van der Waals surface area (Å²) in [5, 5.41) is 0. The molecule has 0 heterocycles. The zero-order chi connectivity index (χ0) is 15.1. The molecule has 0 amide bonds. The smallest absolute Gasteiger partial charge is 0.748 e. The fourth-order valence-corrected chi connectivity index (χ4v) is 2.60. The average molecular weight is 343 g/mol. The Morgan fingerprint density at radius 2 is 1.19 bits per heavy atom. The first-order chi connectivity index (χ1) is 9.56. The van der Waals surface area contributed by atoms with Crippen LogP contribution in [-0.2, 0) is 10.1 Å².